The van der Waals surface area contributed by atoms with Gasteiger partial charge >= 0.3 is 11.9 Å². The van der Waals surface area contributed by atoms with Crippen LogP contribution in [-0.4, -0.2) is 41.3 Å². The molecule has 0 aliphatic rings. The van der Waals surface area contributed by atoms with Crippen LogP contribution in [0.4, 0.5) is 5.69 Å². The second-order valence-corrected chi connectivity index (χ2v) is 6.95. The van der Waals surface area contributed by atoms with Crippen LogP contribution in [-0.2, 0) is 14.3 Å². The van der Waals surface area contributed by atoms with E-state index in [2.05, 4.69) is 15.2 Å². The molecule has 0 spiro atoms. The third-order valence-electron chi connectivity index (χ3n) is 4.72. The summed E-state index contributed by atoms with van der Waals surface area (Å²) in [6, 6.07) is 13.9. The van der Waals surface area contributed by atoms with E-state index in [0.717, 1.165) is 16.9 Å². The predicted molar refractivity (Wildman–Crippen MR) is 114 cm³/mol. The van der Waals surface area contributed by atoms with E-state index >= 15 is 0 Å². The van der Waals surface area contributed by atoms with Gasteiger partial charge < -0.3 is 14.8 Å². The summed E-state index contributed by atoms with van der Waals surface area (Å²) >= 11 is 0. The van der Waals surface area contributed by atoms with Gasteiger partial charge in [0.15, 0.2) is 6.61 Å². The van der Waals surface area contributed by atoms with Crippen LogP contribution in [0.5, 0.6) is 0 Å². The molecule has 8 heteroatoms. The molecule has 8 nitrogen and oxygen atoms in total. The first kappa shape index (κ1) is 21.8. The van der Waals surface area contributed by atoms with E-state index in [-0.39, 0.29) is 11.1 Å². The fourth-order valence-corrected chi connectivity index (χ4v) is 3.09. The van der Waals surface area contributed by atoms with Crippen molar-refractivity contribution in [3.63, 3.8) is 0 Å². The first-order valence-corrected chi connectivity index (χ1v) is 9.59. The molecule has 1 heterocycles. The van der Waals surface area contributed by atoms with E-state index in [0.29, 0.717) is 11.4 Å². The van der Waals surface area contributed by atoms with Crippen molar-refractivity contribution in [2.75, 3.05) is 19.0 Å². The van der Waals surface area contributed by atoms with Crippen LogP contribution in [0.2, 0.25) is 0 Å². The number of anilines is 1. The average molecular weight is 421 g/mol. The monoisotopic (exact) mass is 421 g/mol. The van der Waals surface area contributed by atoms with Crippen LogP contribution in [0.1, 0.15) is 37.7 Å². The molecular formula is C23H23N3O5. The number of aryl methyl sites for hydroxylation is 2. The highest BCUT2D eigenvalue weighted by molar-refractivity contribution is 6.04. The molecule has 0 saturated carbocycles. The minimum absolute atomic E-state index is 0.0294. The number of rotatable bonds is 6. The highest BCUT2D eigenvalue weighted by atomic mass is 16.5. The molecular weight excluding hydrogens is 398 g/mol. The maximum absolute atomic E-state index is 12.4. The minimum Gasteiger partial charge on any atom is -0.465 e. The van der Waals surface area contributed by atoms with E-state index in [1.807, 2.05) is 38.1 Å². The quantitative estimate of drug-likeness (QED) is 0.613. The second-order valence-electron chi connectivity index (χ2n) is 6.95. The fraction of sp³-hybridized carbons (Fsp3) is 0.217. The number of esters is 2. The van der Waals surface area contributed by atoms with Crippen molar-refractivity contribution >= 4 is 23.5 Å². The Balaban J connectivity index is 1.69. The summed E-state index contributed by atoms with van der Waals surface area (Å²) in [4.78, 5) is 36.6. The first-order valence-electron chi connectivity index (χ1n) is 9.59. The van der Waals surface area contributed by atoms with Crippen molar-refractivity contribution < 1.29 is 23.9 Å². The normalized spacial score (nSPS) is 10.5. The van der Waals surface area contributed by atoms with Gasteiger partial charge in [0.25, 0.3) is 5.91 Å². The smallest absolute Gasteiger partial charge is 0.339 e. The van der Waals surface area contributed by atoms with Gasteiger partial charge in [-0.2, -0.15) is 5.10 Å². The fourth-order valence-electron chi connectivity index (χ4n) is 3.09. The molecule has 0 unspecified atom stereocenters. The van der Waals surface area contributed by atoms with E-state index in [1.54, 1.807) is 23.7 Å². The molecule has 1 aromatic heterocycles. The minimum atomic E-state index is -0.792. The number of carbonyl (C=O) groups is 3. The topological polar surface area (TPSA) is 99.5 Å². The molecule has 0 bridgehead atoms. The summed E-state index contributed by atoms with van der Waals surface area (Å²) < 4.78 is 11.5. The lowest BCUT2D eigenvalue weighted by Crippen LogP contribution is -2.22. The summed E-state index contributed by atoms with van der Waals surface area (Å²) in [5.41, 5.74) is 4.04. The molecule has 31 heavy (non-hydrogen) atoms. The van der Waals surface area contributed by atoms with Gasteiger partial charge in [-0.15, -0.1) is 0 Å². The molecule has 2 aromatic carbocycles. The Morgan fingerprint density at radius 3 is 2.16 bits per heavy atom. The van der Waals surface area contributed by atoms with Crippen molar-refractivity contribution in [2.24, 2.45) is 0 Å². The summed E-state index contributed by atoms with van der Waals surface area (Å²) in [5.74, 6) is -1.97. The van der Waals surface area contributed by atoms with Gasteiger partial charge in [-0.05, 0) is 45.0 Å². The lowest BCUT2D eigenvalue weighted by atomic mass is 10.1. The van der Waals surface area contributed by atoms with Gasteiger partial charge in [0.1, 0.15) is 0 Å². The summed E-state index contributed by atoms with van der Waals surface area (Å²) in [6.45, 7) is 5.12. The zero-order chi connectivity index (χ0) is 22.5. The molecule has 1 N–H and O–H groups in total. The number of amides is 1. The van der Waals surface area contributed by atoms with Gasteiger partial charge in [0.2, 0.25) is 0 Å². The zero-order valence-electron chi connectivity index (χ0n) is 17.8. The number of benzene rings is 2. The molecule has 0 aliphatic heterocycles. The Morgan fingerprint density at radius 1 is 0.935 bits per heavy atom. The molecule has 0 atom stereocenters. The predicted octanol–water partition coefficient (Wildman–Crippen LogP) is 3.38. The summed E-state index contributed by atoms with van der Waals surface area (Å²) in [5, 5.41) is 7.23. The number of nitrogens with one attached hydrogen (secondary N) is 1. The van der Waals surface area contributed by atoms with E-state index in [4.69, 9.17) is 4.74 Å². The van der Waals surface area contributed by atoms with Gasteiger partial charge in [0, 0.05) is 0 Å². The maximum atomic E-state index is 12.4. The highest BCUT2D eigenvalue weighted by Crippen LogP contribution is 2.23. The number of methoxy groups -OCH3 is 1. The van der Waals surface area contributed by atoms with Crippen molar-refractivity contribution in [3.05, 3.63) is 76.6 Å². The number of hydrogen-bond donors (Lipinski definition) is 1. The number of hydrogen-bond acceptors (Lipinski definition) is 6. The van der Waals surface area contributed by atoms with Crippen LogP contribution in [0, 0.1) is 20.8 Å². The van der Waals surface area contributed by atoms with Gasteiger partial charge in [-0.1, -0.05) is 29.8 Å². The van der Waals surface area contributed by atoms with E-state index in [1.165, 1.54) is 19.2 Å². The lowest BCUT2D eigenvalue weighted by molar-refractivity contribution is -0.119. The zero-order valence-corrected chi connectivity index (χ0v) is 17.8. The molecule has 0 radical (unpaired) electrons. The largest absolute Gasteiger partial charge is 0.465 e. The Kier molecular flexibility index (Phi) is 6.49. The maximum Gasteiger partial charge on any atom is 0.339 e. The SMILES string of the molecule is COC(=O)c1ccccc1C(=O)OCC(=O)Nc1c(C)nn(-c2ccc(C)cc2)c1C. The van der Waals surface area contributed by atoms with Crippen molar-refractivity contribution in [1.82, 2.24) is 9.78 Å². The van der Waals surface area contributed by atoms with Gasteiger partial charge in [-0.25, -0.2) is 14.3 Å². The van der Waals surface area contributed by atoms with Gasteiger partial charge in [0.05, 0.1) is 41.0 Å². The van der Waals surface area contributed by atoms with Crippen LogP contribution in [0.25, 0.3) is 5.69 Å². The number of carbonyl (C=O) groups excluding carboxylic acids is 3. The van der Waals surface area contributed by atoms with E-state index < -0.39 is 24.5 Å². The molecule has 3 rings (SSSR count). The third-order valence-corrected chi connectivity index (χ3v) is 4.72. The molecule has 160 valence electrons. The average Bonchev–Trinajstić information content (AvgIpc) is 3.05. The van der Waals surface area contributed by atoms with Crippen molar-refractivity contribution in [3.8, 4) is 5.69 Å². The highest BCUT2D eigenvalue weighted by Gasteiger charge is 2.20. The van der Waals surface area contributed by atoms with Crippen LogP contribution < -0.4 is 5.32 Å². The molecule has 0 fully saturated rings. The van der Waals surface area contributed by atoms with E-state index in [9.17, 15) is 14.4 Å². The summed E-state index contributed by atoms with van der Waals surface area (Å²) in [6.07, 6.45) is 0. The van der Waals surface area contributed by atoms with Crippen LogP contribution in [0.15, 0.2) is 48.5 Å². The van der Waals surface area contributed by atoms with Gasteiger partial charge in [-0.3, -0.25) is 4.79 Å². The standard InChI is InChI=1S/C23H23N3O5/c1-14-9-11-17(12-10-14)26-16(3)21(15(2)25-26)24-20(27)13-31-23(29)19-8-6-5-7-18(19)22(28)30-4/h5-12H,13H2,1-4H3,(H,24,27). The molecule has 0 aliphatic carbocycles. The second kappa shape index (κ2) is 9.25. The Morgan fingerprint density at radius 2 is 1.55 bits per heavy atom. The molecule has 3 aromatic rings. The number of aromatic nitrogens is 2. The number of ether oxygens (including phenoxy) is 2. The number of nitrogens with zero attached hydrogens (tertiary/aromatic N) is 2. The van der Waals surface area contributed by atoms with Crippen molar-refractivity contribution in [2.45, 2.75) is 20.8 Å². The lowest BCUT2D eigenvalue weighted by Gasteiger charge is -2.09. The first-order chi connectivity index (χ1) is 14.8. The molecule has 1 amide bonds. The molecule has 0 saturated heterocycles. The van der Waals surface area contributed by atoms with Crippen LogP contribution in [0.3, 0.4) is 0 Å². The van der Waals surface area contributed by atoms with Crippen LogP contribution >= 0.6 is 0 Å². The summed E-state index contributed by atoms with van der Waals surface area (Å²) in [7, 11) is 1.22. The van der Waals surface area contributed by atoms with Crippen molar-refractivity contribution in [1.29, 1.82) is 0 Å². The Hall–Kier alpha value is -3.94. The Labute approximate surface area is 179 Å². The third kappa shape index (κ3) is 4.80. The Bertz CT molecular complexity index is 1130.